The maximum atomic E-state index is 12.3. The van der Waals surface area contributed by atoms with Crippen LogP contribution >= 0.6 is 11.6 Å². The summed E-state index contributed by atoms with van der Waals surface area (Å²) in [6.45, 7) is 4.11. The van der Waals surface area contributed by atoms with E-state index in [4.69, 9.17) is 25.8 Å². The summed E-state index contributed by atoms with van der Waals surface area (Å²) in [5.41, 5.74) is 0.731. The first-order valence-electron chi connectivity index (χ1n) is 8.52. The second kappa shape index (κ2) is 9.83. The van der Waals surface area contributed by atoms with Crippen molar-refractivity contribution in [3.63, 3.8) is 0 Å². The fraction of sp³-hybridized carbons (Fsp3) is 0.300. The zero-order valence-electron chi connectivity index (χ0n) is 15.5. The number of hydrogen-bond acceptors (Lipinski definition) is 5. The van der Waals surface area contributed by atoms with Crippen LogP contribution in [0.5, 0.6) is 11.5 Å². The highest BCUT2D eigenvalue weighted by atomic mass is 35.5. The van der Waals surface area contributed by atoms with Gasteiger partial charge in [-0.05, 0) is 55.8 Å². The van der Waals surface area contributed by atoms with Gasteiger partial charge in [0, 0.05) is 5.02 Å². The molecule has 0 heterocycles. The van der Waals surface area contributed by atoms with E-state index in [9.17, 15) is 9.59 Å². The third-order valence-corrected chi connectivity index (χ3v) is 3.87. The maximum Gasteiger partial charge on any atom is 0.338 e. The van der Waals surface area contributed by atoms with E-state index in [0.29, 0.717) is 34.4 Å². The highest BCUT2D eigenvalue weighted by Gasteiger charge is 2.20. The number of nitrogens with one attached hydrogen (secondary N) is 1. The standard InChI is InChI=1S/C20H22ClNO5/c1-4-11-26-16-8-5-14(6-9-16)20(24)27-13(2)19(23)22-17-12-15(21)7-10-18(17)25-3/h5-10,12-13H,4,11H2,1-3H3,(H,22,23)/t13-/m0/s1. The van der Waals surface area contributed by atoms with E-state index < -0.39 is 18.0 Å². The van der Waals surface area contributed by atoms with Gasteiger partial charge in [-0.3, -0.25) is 4.79 Å². The van der Waals surface area contributed by atoms with Gasteiger partial charge in [0.25, 0.3) is 5.91 Å². The number of methoxy groups -OCH3 is 1. The average Bonchev–Trinajstić information content (AvgIpc) is 2.66. The first-order valence-corrected chi connectivity index (χ1v) is 8.90. The molecule has 0 aromatic heterocycles. The first-order chi connectivity index (χ1) is 12.9. The van der Waals surface area contributed by atoms with Crippen molar-refractivity contribution in [1.29, 1.82) is 0 Å². The Balaban J connectivity index is 1.97. The molecule has 0 aliphatic rings. The number of amides is 1. The predicted octanol–water partition coefficient (Wildman–Crippen LogP) is 4.32. The fourth-order valence-corrected chi connectivity index (χ4v) is 2.37. The van der Waals surface area contributed by atoms with Crippen LogP contribution in [-0.2, 0) is 9.53 Å². The van der Waals surface area contributed by atoms with Crippen molar-refractivity contribution in [3.8, 4) is 11.5 Å². The summed E-state index contributed by atoms with van der Waals surface area (Å²) in [5, 5.41) is 3.09. The number of halogens is 1. The molecule has 0 aliphatic carbocycles. The Labute approximate surface area is 163 Å². The lowest BCUT2D eigenvalue weighted by molar-refractivity contribution is -0.123. The first kappa shape index (κ1) is 20.6. The second-order valence-electron chi connectivity index (χ2n) is 5.75. The van der Waals surface area contributed by atoms with Crippen molar-refractivity contribution in [2.24, 2.45) is 0 Å². The minimum atomic E-state index is -1.00. The lowest BCUT2D eigenvalue weighted by Gasteiger charge is -2.15. The molecule has 0 spiro atoms. The van der Waals surface area contributed by atoms with E-state index in [1.54, 1.807) is 42.5 Å². The number of carbonyl (C=O) groups is 2. The largest absolute Gasteiger partial charge is 0.495 e. The summed E-state index contributed by atoms with van der Waals surface area (Å²) in [6, 6.07) is 11.4. The Hall–Kier alpha value is -2.73. The fourth-order valence-electron chi connectivity index (χ4n) is 2.20. The van der Waals surface area contributed by atoms with Crippen LogP contribution in [0.15, 0.2) is 42.5 Å². The van der Waals surface area contributed by atoms with E-state index in [2.05, 4.69) is 5.32 Å². The number of hydrogen-bond donors (Lipinski definition) is 1. The Morgan fingerprint density at radius 3 is 2.48 bits per heavy atom. The second-order valence-corrected chi connectivity index (χ2v) is 6.19. The highest BCUT2D eigenvalue weighted by molar-refractivity contribution is 6.31. The van der Waals surface area contributed by atoms with Gasteiger partial charge in [0.2, 0.25) is 0 Å². The molecule has 144 valence electrons. The minimum absolute atomic E-state index is 0.332. The Morgan fingerprint density at radius 2 is 1.85 bits per heavy atom. The van der Waals surface area contributed by atoms with Crippen LogP contribution in [0.2, 0.25) is 5.02 Å². The van der Waals surface area contributed by atoms with Crippen molar-refractivity contribution in [3.05, 3.63) is 53.1 Å². The molecular formula is C20H22ClNO5. The van der Waals surface area contributed by atoms with Gasteiger partial charge in [-0.15, -0.1) is 0 Å². The van der Waals surface area contributed by atoms with Crippen LogP contribution in [0.25, 0.3) is 0 Å². The molecule has 1 atom stereocenters. The molecular weight excluding hydrogens is 370 g/mol. The molecule has 2 aromatic rings. The number of ether oxygens (including phenoxy) is 3. The van der Waals surface area contributed by atoms with Crippen LogP contribution in [0.3, 0.4) is 0 Å². The maximum absolute atomic E-state index is 12.3. The average molecular weight is 392 g/mol. The zero-order valence-corrected chi connectivity index (χ0v) is 16.2. The van der Waals surface area contributed by atoms with Crippen LogP contribution in [0.4, 0.5) is 5.69 Å². The third kappa shape index (κ3) is 5.89. The van der Waals surface area contributed by atoms with Gasteiger partial charge in [-0.2, -0.15) is 0 Å². The summed E-state index contributed by atoms with van der Waals surface area (Å²) < 4.78 is 15.9. The van der Waals surface area contributed by atoms with E-state index in [1.807, 2.05) is 6.92 Å². The number of carbonyl (C=O) groups excluding carboxylic acids is 2. The summed E-state index contributed by atoms with van der Waals surface area (Å²) in [5.74, 6) is 0.0331. The molecule has 0 bridgehead atoms. The number of anilines is 1. The lowest BCUT2D eigenvalue weighted by atomic mass is 10.2. The third-order valence-electron chi connectivity index (χ3n) is 3.64. The number of rotatable bonds is 8. The quantitative estimate of drug-likeness (QED) is 0.678. The van der Waals surface area contributed by atoms with Crippen molar-refractivity contribution in [2.75, 3.05) is 19.0 Å². The van der Waals surface area contributed by atoms with Crippen LogP contribution in [0.1, 0.15) is 30.6 Å². The van der Waals surface area contributed by atoms with Gasteiger partial charge in [-0.25, -0.2) is 4.79 Å². The van der Waals surface area contributed by atoms with Crippen LogP contribution in [-0.4, -0.2) is 31.7 Å². The summed E-state index contributed by atoms with van der Waals surface area (Å²) in [4.78, 5) is 24.5. The molecule has 0 radical (unpaired) electrons. The molecule has 1 amide bonds. The minimum Gasteiger partial charge on any atom is -0.495 e. The van der Waals surface area contributed by atoms with Gasteiger partial charge >= 0.3 is 5.97 Å². The molecule has 2 rings (SSSR count). The molecule has 27 heavy (non-hydrogen) atoms. The molecule has 2 aromatic carbocycles. The van der Waals surface area contributed by atoms with Crippen LogP contribution < -0.4 is 14.8 Å². The van der Waals surface area contributed by atoms with Crippen LogP contribution in [0, 0.1) is 0 Å². The molecule has 7 heteroatoms. The smallest absolute Gasteiger partial charge is 0.338 e. The van der Waals surface area contributed by atoms with Crippen molar-refractivity contribution in [2.45, 2.75) is 26.4 Å². The highest BCUT2D eigenvalue weighted by Crippen LogP contribution is 2.27. The number of esters is 1. The Morgan fingerprint density at radius 1 is 1.15 bits per heavy atom. The normalized spacial score (nSPS) is 11.4. The molecule has 0 unspecified atom stereocenters. The zero-order chi connectivity index (χ0) is 19.8. The van der Waals surface area contributed by atoms with Crippen molar-refractivity contribution in [1.82, 2.24) is 0 Å². The number of benzene rings is 2. The molecule has 0 saturated heterocycles. The van der Waals surface area contributed by atoms with E-state index in [-0.39, 0.29) is 0 Å². The summed E-state index contributed by atoms with van der Waals surface area (Å²) >= 11 is 5.94. The van der Waals surface area contributed by atoms with Gasteiger partial charge in [-0.1, -0.05) is 18.5 Å². The molecule has 0 fully saturated rings. The predicted molar refractivity (Wildman–Crippen MR) is 104 cm³/mol. The molecule has 0 aliphatic heterocycles. The Kier molecular flexibility index (Phi) is 7.49. The molecule has 6 nitrogen and oxygen atoms in total. The monoisotopic (exact) mass is 391 g/mol. The Bertz CT molecular complexity index is 791. The topological polar surface area (TPSA) is 73.9 Å². The van der Waals surface area contributed by atoms with Crippen molar-refractivity contribution < 1.29 is 23.8 Å². The summed E-state index contributed by atoms with van der Waals surface area (Å²) in [6.07, 6.45) is -0.106. The van der Waals surface area contributed by atoms with E-state index in [1.165, 1.54) is 14.0 Å². The van der Waals surface area contributed by atoms with Crippen molar-refractivity contribution >= 4 is 29.2 Å². The molecule has 0 saturated carbocycles. The lowest BCUT2D eigenvalue weighted by Crippen LogP contribution is -2.30. The van der Waals surface area contributed by atoms with Gasteiger partial charge in [0.1, 0.15) is 11.5 Å². The molecule has 1 N–H and O–H groups in total. The van der Waals surface area contributed by atoms with E-state index >= 15 is 0 Å². The SMILES string of the molecule is CCCOc1ccc(C(=O)O[C@@H](C)C(=O)Nc2cc(Cl)ccc2OC)cc1. The van der Waals surface area contributed by atoms with Gasteiger partial charge < -0.3 is 19.5 Å². The van der Waals surface area contributed by atoms with E-state index in [0.717, 1.165) is 6.42 Å². The van der Waals surface area contributed by atoms with Gasteiger partial charge in [0.05, 0.1) is 25.0 Å². The van der Waals surface area contributed by atoms with Gasteiger partial charge in [0.15, 0.2) is 6.10 Å². The summed E-state index contributed by atoms with van der Waals surface area (Å²) in [7, 11) is 1.48.